The predicted octanol–water partition coefficient (Wildman–Crippen LogP) is 2.29. The fourth-order valence-electron chi connectivity index (χ4n) is 2.02. The highest BCUT2D eigenvalue weighted by Crippen LogP contribution is 2.25. The van der Waals surface area contributed by atoms with Crippen LogP contribution >= 0.6 is 0 Å². The van der Waals surface area contributed by atoms with E-state index in [-0.39, 0.29) is 6.61 Å². The number of aliphatic hydroxyl groups excluding tert-OH is 1. The van der Waals surface area contributed by atoms with E-state index in [1.165, 1.54) is 6.26 Å². The van der Waals surface area contributed by atoms with Gasteiger partial charge in [0.1, 0.15) is 0 Å². The summed E-state index contributed by atoms with van der Waals surface area (Å²) in [4.78, 5) is 0.316. The van der Waals surface area contributed by atoms with Crippen molar-refractivity contribution in [1.82, 2.24) is 0 Å². The van der Waals surface area contributed by atoms with Crippen LogP contribution in [0.2, 0.25) is 0 Å². The molecule has 2 aromatic rings. The molecule has 100 valence electrons. The number of rotatable bonds is 4. The van der Waals surface area contributed by atoms with Gasteiger partial charge in [-0.05, 0) is 35.2 Å². The van der Waals surface area contributed by atoms with Crippen LogP contribution in [0.1, 0.15) is 5.56 Å². The summed E-state index contributed by atoms with van der Waals surface area (Å²) >= 11 is 0. The largest absolute Gasteiger partial charge is 0.396 e. The molecular weight excluding hydrogens is 260 g/mol. The maximum atomic E-state index is 11.4. The van der Waals surface area contributed by atoms with Crippen LogP contribution in [0.3, 0.4) is 0 Å². The number of aliphatic hydroxyl groups is 1. The summed E-state index contributed by atoms with van der Waals surface area (Å²) in [5, 5.41) is 9.06. The third-order valence-electron chi connectivity index (χ3n) is 2.99. The SMILES string of the molecule is CS(=O)(=O)c1ccc(-c2ccccc2CCO)cc1. The van der Waals surface area contributed by atoms with Gasteiger partial charge in [0, 0.05) is 12.9 Å². The lowest BCUT2D eigenvalue weighted by molar-refractivity contribution is 0.300. The molecule has 2 rings (SSSR count). The van der Waals surface area contributed by atoms with Gasteiger partial charge in [0.2, 0.25) is 0 Å². The Kier molecular flexibility index (Phi) is 4.02. The summed E-state index contributed by atoms with van der Waals surface area (Å²) in [5.74, 6) is 0. The van der Waals surface area contributed by atoms with Gasteiger partial charge in [-0.25, -0.2) is 8.42 Å². The minimum absolute atomic E-state index is 0.0957. The third-order valence-corrected chi connectivity index (χ3v) is 4.12. The molecule has 3 nitrogen and oxygen atoms in total. The zero-order chi connectivity index (χ0) is 13.9. The summed E-state index contributed by atoms with van der Waals surface area (Å²) in [6.07, 6.45) is 1.78. The smallest absolute Gasteiger partial charge is 0.175 e. The van der Waals surface area contributed by atoms with Crippen LogP contribution in [0.25, 0.3) is 11.1 Å². The average molecular weight is 276 g/mol. The molecule has 19 heavy (non-hydrogen) atoms. The molecule has 0 saturated heterocycles. The van der Waals surface area contributed by atoms with Gasteiger partial charge >= 0.3 is 0 Å². The van der Waals surface area contributed by atoms with Crippen LogP contribution in [-0.2, 0) is 16.3 Å². The third kappa shape index (κ3) is 3.22. The summed E-state index contributed by atoms with van der Waals surface area (Å²) in [6, 6.07) is 14.6. The zero-order valence-corrected chi connectivity index (χ0v) is 11.5. The lowest BCUT2D eigenvalue weighted by atomic mass is 9.98. The Morgan fingerprint density at radius 2 is 1.63 bits per heavy atom. The first kappa shape index (κ1) is 13.8. The topological polar surface area (TPSA) is 54.4 Å². The fraction of sp³-hybridized carbons (Fsp3) is 0.200. The van der Waals surface area contributed by atoms with Gasteiger partial charge in [-0.15, -0.1) is 0 Å². The van der Waals surface area contributed by atoms with Gasteiger partial charge in [-0.1, -0.05) is 36.4 Å². The molecule has 0 aliphatic heterocycles. The van der Waals surface area contributed by atoms with Crippen LogP contribution in [0, 0.1) is 0 Å². The molecule has 0 spiro atoms. The number of benzene rings is 2. The summed E-state index contributed by atoms with van der Waals surface area (Å²) in [7, 11) is -3.16. The molecule has 0 bridgehead atoms. The molecule has 0 unspecified atom stereocenters. The molecule has 0 fully saturated rings. The second-order valence-electron chi connectivity index (χ2n) is 4.43. The predicted molar refractivity (Wildman–Crippen MR) is 75.8 cm³/mol. The van der Waals surface area contributed by atoms with Crippen LogP contribution in [0.4, 0.5) is 0 Å². The molecule has 0 aliphatic carbocycles. The van der Waals surface area contributed by atoms with Crippen molar-refractivity contribution in [1.29, 1.82) is 0 Å². The maximum Gasteiger partial charge on any atom is 0.175 e. The Balaban J connectivity index is 2.43. The summed E-state index contributed by atoms with van der Waals surface area (Å²) < 4.78 is 22.8. The molecule has 0 amide bonds. The molecule has 1 N–H and O–H groups in total. The van der Waals surface area contributed by atoms with Gasteiger partial charge in [-0.3, -0.25) is 0 Å². The van der Waals surface area contributed by atoms with Crippen molar-refractivity contribution < 1.29 is 13.5 Å². The van der Waals surface area contributed by atoms with E-state index in [0.29, 0.717) is 11.3 Å². The van der Waals surface area contributed by atoms with Crippen molar-refractivity contribution in [2.24, 2.45) is 0 Å². The van der Waals surface area contributed by atoms with E-state index >= 15 is 0 Å². The quantitative estimate of drug-likeness (QED) is 0.932. The monoisotopic (exact) mass is 276 g/mol. The Labute approximate surface area is 113 Å². The molecular formula is C15H16O3S. The van der Waals surface area contributed by atoms with Crippen molar-refractivity contribution >= 4 is 9.84 Å². The van der Waals surface area contributed by atoms with Gasteiger partial charge in [-0.2, -0.15) is 0 Å². The van der Waals surface area contributed by atoms with E-state index in [1.807, 2.05) is 24.3 Å². The number of sulfone groups is 1. The van der Waals surface area contributed by atoms with Crippen molar-refractivity contribution in [2.75, 3.05) is 12.9 Å². The lowest BCUT2D eigenvalue weighted by Crippen LogP contribution is -1.97. The Morgan fingerprint density at radius 1 is 1.00 bits per heavy atom. The molecule has 0 saturated carbocycles. The van der Waals surface area contributed by atoms with Crippen LogP contribution in [-0.4, -0.2) is 26.4 Å². The van der Waals surface area contributed by atoms with Gasteiger partial charge < -0.3 is 5.11 Å². The molecule has 0 heterocycles. The highest BCUT2D eigenvalue weighted by atomic mass is 32.2. The maximum absolute atomic E-state index is 11.4. The molecule has 4 heteroatoms. The van der Waals surface area contributed by atoms with Gasteiger partial charge in [0.05, 0.1) is 4.90 Å². The normalized spacial score (nSPS) is 11.5. The molecule has 0 aliphatic rings. The first-order valence-corrected chi connectivity index (χ1v) is 7.91. The number of hydrogen-bond donors (Lipinski definition) is 1. The second kappa shape index (κ2) is 5.55. The molecule has 0 aromatic heterocycles. The lowest BCUT2D eigenvalue weighted by Gasteiger charge is -2.09. The Hall–Kier alpha value is -1.65. The summed E-state index contributed by atoms with van der Waals surface area (Å²) in [5.41, 5.74) is 3.03. The van der Waals surface area contributed by atoms with Crippen LogP contribution in [0.15, 0.2) is 53.4 Å². The van der Waals surface area contributed by atoms with E-state index in [2.05, 4.69) is 0 Å². The first-order chi connectivity index (χ1) is 9.02. The second-order valence-corrected chi connectivity index (χ2v) is 6.44. The standard InChI is InChI=1S/C15H16O3S/c1-19(17,18)14-8-6-13(7-9-14)15-5-3-2-4-12(15)10-11-16/h2-9,16H,10-11H2,1H3. The number of hydrogen-bond acceptors (Lipinski definition) is 3. The van der Waals surface area contributed by atoms with Crippen molar-refractivity contribution in [2.45, 2.75) is 11.3 Å². The Morgan fingerprint density at radius 3 is 2.21 bits per heavy atom. The van der Waals surface area contributed by atoms with E-state index in [9.17, 15) is 8.42 Å². The first-order valence-electron chi connectivity index (χ1n) is 6.01. The minimum atomic E-state index is -3.16. The van der Waals surface area contributed by atoms with E-state index in [4.69, 9.17) is 5.11 Å². The fourth-order valence-corrected chi connectivity index (χ4v) is 2.65. The van der Waals surface area contributed by atoms with Gasteiger partial charge in [0.15, 0.2) is 9.84 Å². The van der Waals surface area contributed by atoms with Crippen LogP contribution < -0.4 is 0 Å². The van der Waals surface area contributed by atoms with E-state index < -0.39 is 9.84 Å². The van der Waals surface area contributed by atoms with Gasteiger partial charge in [0.25, 0.3) is 0 Å². The van der Waals surface area contributed by atoms with Crippen molar-refractivity contribution in [3.05, 3.63) is 54.1 Å². The summed E-state index contributed by atoms with van der Waals surface area (Å²) in [6.45, 7) is 0.0957. The molecule has 0 radical (unpaired) electrons. The van der Waals surface area contributed by atoms with Crippen LogP contribution in [0.5, 0.6) is 0 Å². The Bertz CT molecular complexity index is 658. The highest BCUT2D eigenvalue weighted by molar-refractivity contribution is 7.90. The van der Waals surface area contributed by atoms with E-state index in [1.54, 1.807) is 24.3 Å². The minimum Gasteiger partial charge on any atom is -0.396 e. The zero-order valence-electron chi connectivity index (χ0n) is 10.7. The molecule has 2 aromatic carbocycles. The van der Waals surface area contributed by atoms with Crippen molar-refractivity contribution in [3.63, 3.8) is 0 Å². The average Bonchev–Trinajstić information content (AvgIpc) is 2.39. The van der Waals surface area contributed by atoms with Crippen molar-refractivity contribution in [3.8, 4) is 11.1 Å². The van der Waals surface area contributed by atoms with E-state index in [0.717, 1.165) is 16.7 Å². The highest BCUT2D eigenvalue weighted by Gasteiger charge is 2.08. The molecule has 0 atom stereocenters.